The Balaban J connectivity index is 2.17. The van der Waals surface area contributed by atoms with Crippen LogP contribution in [0, 0.1) is 11.3 Å². The van der Waals surface area contributed by atoms with Gasteiger partial charge in [0.05, 0.1) is 0 Å². The standard InChI is InChI=1S/C20H33N/c1-6-21-14-18-11-12-20(4,5)13-19(18)17-9-7-16(8-10-17)15(2)3/h7-10,15,18-19,21H,6,11-14H2,1-5H3. The van der Waals surface area contributed by atoms with Crippen molar-refractivity contribution >= 4 is 0 Å². The van der Waals surface area contributed by atoms with Gasteiger partial charge in [-0.05, 0) is 66.6 Å². The van der Waals surface area contributed by atoms with Crippen LogP contribution in [0.15, 0.2) is 24.3 Å². The minimum atomic E-state index is 0.490. The van der Waals surface area contributed by atoms with Crippen molar-refractivity contribution in [1.29, 1.82) is 0 Å². The Kier molecular flexibility index (Phi) is 5.48. The SMILES string of the molecule is CCNCC1CCC(C)(C)CC1c1ccc(C(C)C)cc1. The summed E-state index contributed by atoms with van der Waals surface area (Å²) in [5.41, 5.74) is 3.50. The van der Waals surface area contributed by atoms with Crippen molar-refractivity contribution in [2.45, 2.75) is 65.7 Å². The molecule has 0 amide bonds. The summed E-state index contributed by atoms with van der Waals surface area (Å²) in [6, 6.07) is 9.46. The monoisotopic (exact) mass is 287 g/mol. The average molecular weight is 287 g/mol. The lowest BCUT2D eigenvalue weighted by Gasteiger charge is -2.41. The third kappa shape index (κ3) is 4.32. The second-order valence-electron chi connectivity index (χ2n) is 7.90. The molecule has 1 aromatic rings. The Labute approximate surface area is 131 Å². The van der Waals surface area contributed by atoms with Crippen LogP contribution < -0.4 is 5.32 Å². The van der Waals surface area contributed by atoms with E-state index in [1.165, 1.54) is 31.4 Å². The van der Waals surface area contributed by atoms with E-state index in [-0.39, 0.29) is 0 Å². The highest BCUT2D eigenvalue weighted by Crippen LogP contribution is 2.46. The molecule has 0 radical (unpaired) electrons. The number of nitrogens with one attached hydrogen (secondary N) is 1. The smallest absolute Gasteiger partial charge is 0.00148 e. The first-order valence-electron chi connectivity index (χ1n) is 8.73. The van der Waals surface area contributed by atoms with Gasteiger partial charge in [-0.25, -0.2) is 0 Å². The Morgan fingerprint density at radius 1 is 1.19 bits per heavy atom. The van der Waals surface area contributed by atoms with Crippen LogP contribution in [0.25, 0.3) is 0 Å². The normalized spacial score (nSPS) is 25.2. The molecule has 1 aromatic carbocycles. The van der Waals surface area contributed by atoms with Crippen molar-refractivity contribution in [2.75, 3.05) is 13.1 Å². The van der Waals surface area contributed by atoms with Gasteiger partial charge in [0, 0.05) is 0 Å². The van der Waals surface area contributed by atoms with Crippen molar-refractivity contribution < 1.29 is 0 Å². The van der Waals surface area contributed by atoms with Gasteiger partial charge in [0.15, 0.2) is 0 Å². The summed E-state index contributed by atoms with van der Waals surface area (Å²) >= 11 is 0. The highest BCUT2D eigenvalue weighted by Gasteiger charge is 2.35. The molecule has 2 atom stereocenters. The molecule has 1 saturated carbocycles. The van der Waals surface area contributed by atoms with Crippen LogP contribution >= 0.6 is 0 Å². The average Bonchev–Trinajstić information content (AvgIpc) is 2.45. The molecular weight excluding hydrogens is 254 g/mol. The second-order valence-corrected chi connectivity index (χ2v) is 7.90. The van der Waals surface area contributed by atoms with Crippen LogP contribution in [-0.4, -0.2) is 13.1 Å². The number of hydrogen-bond donors (Lipinski definition) is 1. The fourth-order valence-electron chi connectivity index (χ4n) is 3.73. The molecule has 0 heterocycles. The van der Waals surface area contributed by atoms with Gasteiger partial charge in [-0.15, -0.1) is 0 Å². The summed E-state index contributed by atoms with van der Waals surface area (Å²) in [5, 5.41) is 3.57. The fourth-order valence-corrected chi connectivity index (χ4v) is 3.73. The highest BCUT2D eigenvalue weighted by molar-refractivity contribution is 5.28. The van der Waals surface area contributed by atoms with Gasteiger partial charge < -0.3 is 5.32 Å². The summed E-state index contributed by atoms with van der Waals surface area (Å²) < 4.78 is 0. The summed E-state index contributed by atoms with van der Waals surface area (Å²) in [6.07, 6.45) is 4.05. The highest BCUT2D eigenvalue weighted by atomic mass is 14.8. The van der Waals surface area contributed by atoms with Gasteiger partial charge in [-0.1, -0.05) is 58.9 Å². The molecule has 1 fully saturated rings. The van der Waals surface area contributed by atoms with Gasteiger partial charge in [0.2, 0.25) is 0 Å². The van der Waals surface area contributed by atoms with E-state index in [2.05, 4.69) is 64.2 Å². The minimum Gasteiger partial charge on any atom is -0.317 e. The van der Waals surface area contributed by atoms with Gasteiger partial charge >= 0.3 is 0 Å². The van der Waals surface area contributed by atoms with Crippen LogP contribution in [0.5, 0.6) is 0 Å². The topological polar surface area (TPSA) is 12.0 Å². The first kappa shape index (κ1) is 16.5. The van der Waals surface area contributed by atoms with Gasteiger partial charge in [-0.3, -0.25) is 0 Å². The van der Waals surface area contributed by atoms with Crippen molar-refractivity contribution in [1.82, 2.24) is 5.32 Å². The van der Waals surface area contributed by atoms with E-state index >= 15 is 0 Å². The van der Waals surface area contributed by atoms with Crippen LogP contribution in [0.2, 0.25) is 0 Å². The predicted molar refractivity (Wildman–Crippen MR) is 92.9 cm³/mol. The first-order valence-corrected chi connectivity index (χ1v) is 8.73. The molecule has 0 aromatic heterocycles. The molecule has 0 spiro atoms. The van der Waals surface area contributed by atoms with E-state index in [0.29, 0.717) is 17.3 Å². The maximum Gasteiger partial charge on any atom is -0.00148 e. The lowest BCUT2D eigenvalue weighted by atomic mass is 9.65. The van der Waals surface area contributed by atoms with Crippen LogP contribution in [-0.2, 0) is 0 Å². The molecule has 0 saturated heterocycles. The lowest BCUT2D eigenvalue weighted by Crippen LogP contribution is -2.34. The van der Waals surface area contributed by atoms with E-state index in [1.807, 2.05) is 0 Å². The van der Waals surface area contributed by atoms with Crippen molar-refractivity contribution in [3.8, 4) is 0 Å². The van der Waals surface area contributed by atoms with E-state index in [9.17, 15) is 0 Å². The molecule has 1 aliphatic rings. The van der Waals surface area contributed by atoms with Crippen LogP contribution in [0.3, 0.4) is 0 Å². The Morgan fingerprint density at radius 3 is 2.43 bits per heavy atom. The van der Waals surface area contributed by atoms with Gasteiger partial charge in [0.25, 0.3) is 0 Å². The largest absolute Gasteiger partial charge is 0.317 e. The summed E-state index contributed by atoms with van der Waals surface area (Å²) in [4.78, 5) is 0. The zero-order valence-electron chi connectivity index (χ0n) is 14.6. The molecule has 0 bridgehead atoms. The van der Waals surface area contributed by atoms with Crippen molar-refractivity contribution in [3.05, 3.63) is 35.4 Å². The third-order valence-electron chi connectivity index (χ3n) is 5.22. The molecule has 0 aliphatic heterocycles. The fraction of sp³-hybridized carbons (Fsp3) is 0.700. The number of hydrogen-bond acceptors (Lipinski definition) is 1. The molecular formula is C20H33N. The summed E-state index contributed by atoms with van der Waals surface area (Å²) in [5.74, 6) is 2.14. The molecule has 1 aliphatic carbocycles. The van der Waals surface area contributed by atoms with Crippen molar-refractivity contribution in [2.24, 2.45) is 11.3 Å². The Morgan fingerprint density at radius 2 is 1.86 bits per heavy atom. The number of benzene rings is 1. The molecule has 118 valence electrons. The van der Waals surface area contributed by atoms with Crippen LogP contribution in [0.4, 0.5) is 0 Å². The Bertz CT molecular complexity index is 430. The zero-order valence-corrected chi connectivity index (χ0v) is 14.6. The lowest BCUT2D eigenvalue weighted by molar-refractivity contribution is 0.160. The molecule has 1 heteroatoms. The maximum absolute atomic E-state index is 3.57. The summed E-state index contributed by atoms with van der Waals surface area (Å²) in [7, 11) is 0. The third-order valence-corrected chi connectivity index (χ3v) is 5.22. The molecule has 2 unspecified atom stereocenters. The van der Waals surface area contributed by atoms with Crippen LogP contribution in [0.1, 0.15) is 76.8 Å². The van der Waals surface area contributed by atoms with E-state index in [4.69, 9.17) is 0 Å². The first-order chi connectivity index (χ1) is 9.93. The van der Waals surface area contributed by atoms with E-state index in [0.717, 1.165) is 12.5 Å². The van der Waals surface area contributed by atoms with E-state index in [1.54, 1.807) is 5.56 Å². The quantitative estimate of drug-likeness (QED) is 0.772. The second kappa shape index (κ2) is 6.96. The molecule has 21 heavy (non-hydrogen) atoms. The van der Waals surface area contributed by atoms with E-state index < -0.39 is 0 Å². The summed E-state index contributed by atoms with van der Waals surface area (Å²) in [6.45, 7) is 13.9. The maximum atomic E-state index is 3.57. The molecule has 1 nitrogen and oxygen atoms in total. The van der Waals surface area contributed by atoms with Gasteiger partial charge in [-0.2, -0.15) is 0 Å². The predicted octanol–water partition coefficient (Wildman–Crippen LogP) is 5.33. The van der Waals surface area contributed by atoms with Crippen molar-refractivity contribution in [3.63, 3.8) is 0 Å². The minimum absolute atomic E-state index is 0.490. The zero-order chi connectivity index (χ0) is 15.5. The Hall–Kier alpha value is -0.820. The molecule has 1 N–H and O–H groups in total. The molecule has 2 rings (SSSR count). The van der Waals surface area contributed by atoms with Gasteiger partial charge in [0.1, 0.15) is 0 Å². The number of rotatable bonds is 5.